The molecule has 1 atom stereocenters. The molecule has 16 heavy (non-hydrogen) atoms. The van der Waals surface area contributed by atoms with Crippen LogP contribution in [-0.4, -0.2) is 42.5 Å². The van der Waals surface area contributed by atoms with Crippen molar-refractivity contribution in [2.24, 2.45) is 11.7 Å². The summed E-state index contributed by atoms with van der Waals surface area (Å²) in [6.45, 7) is 7.82. The Morgan fingerprint density at radius 3 is 2.25 bits per heavy atom. The number of hydrogen-bond acceptors (Lipinski definition) is 4. The maximum atomic E-state index is 11.9. The summed E-state index contributed by atoms with van der Waals surface area (Å²) in [6, 6.07) is -0.0362. The van der Waals surface area contributed by atoms with Crippen LogP contribution in [0.1, 0.15) is 27.7 Å². The Labute approximate surface area is 96.9 Å². The number of nitrogens with zero attached hydrogens (tertiary/aromatic N) is 1. The topological polar surface area (TPSA) is 72.6 Å². The lowest BCUT2D eigenvalue weighted by Crippen LogP contribution is -2.45. The van der Waals surface area contributed by atoms with E-state index in [1.165, 1.54) is 4.90 Å². The third-order valence-corrected chi connectivity index (χ3v) is 2.29. The van der Waals surface area contributed by atoms with Gasteiger partial charge in [0.25, 0.3) is 0 Å². The van der Waals surface area contributed by atoms with Crippen molar-refractivity contribution < 1.29 is 14.3 Å². The normalized spacial score (nSPS) is 12.4. The van der Waals surface area contributed by atoms with Gasteiger partial charge in [0, 0.05) is 18.5 Å². The summed E-state index contributed by atoms with van der Waals surface area (Å²) in [4.78, 5) is 24.7. The molecule has 0 aliphatic carbocycles. The molecule has 0 radical (unpaired) electrons. The van der Waals surface area contributed by atoms with Gasteiger partial charge in [-0.2, -0.15) is 0 Å². The molecular weight excluding hydrogens is 208 g/mol. The van der Waals surface area contributed by atoms with Crippen LogP contribution in [0.15, 0.2) is 0 Å². The zero-order valence-electron chi connectivity index (χ0n) is 10.5. The minimum atomic E-state index is -0.381. The molecule has 0 heterocycles. The highest BCUT2D eigenvalue weighted by Gasteiger charge is 2.24. The molecule has 0 saturated carbocycles. The minimum Gasteiger partial charge on any atom is -0.465 e. The van der Waals surface area contributed by atoms with Crippen LogP contribution in [0, 0.1) is 5.92 Å². The molecule has 0 rings (SSSR count). The van der Waals surface area contributed by atoms with E-state index in [9.17, 15) is 9.59 Å². The second kappa shape index (κ2) is 7.22. The molecule has 0 aromatic heterocycles. The van der Waals surface area contributed by atoms with Gasteiger partial charge in [0.2, 0.25) is 5.91 Å². The van der Waals surface area contributed by atoms with Gasteiger partial charge in [-0.1, -0.05) is 6.92 Å². The first kappa shape index (κ1) is 14.9. The van der Waals surface area contributed by atoms with Gasteiger partial charge in [-0.3, -0.25) is 9.59 Å². The molecule has 0 aromatic rings. The van der Waals surface area contributed by atoms with Crippen molar-refractivity contribution >= 4 is 11.9 Å². The molecule has 0 saturated heterocycles. The average Bonchev–Trinajstić information content (AvgIpc) is 2.23. The van der Waals surface area contributed by atoms with Crippen LogP contribution in [0.3, 0.4) is 0 Å². The molecule has 0 aliphatic heterocycles. The summed E-state index contributed by atoms with van der Waals surface area (Å²) < 4.78 is 4.82. The van der Waals surface area contributed by atoms with Crippen LogP contribution < -0.4 is 5.73 Å². The van der Waals surface area contributed by atoms with Crippen LogP contribution in [0.4, 0.5) is 0 Å². The Kier molecular flexibility index (Phi) is 6.72. The zero-order chi connectivity index (χ0) is 12.7. The fourth-order valence-electron chi connectivity index (χ4n) is 1.24. The second-order valence-corrected chi connectivity index (χ2v) is 4.00. The fraction of sp³-hybridized carbons (Fsp3) is 0.818. The van der Waals surface area contributed by atoms with Gasteiger partial charge in [-0.15, -0.1) is 0 Å². The number of ether oxygens (including phenoxy) is 1. The molecule has 0 bridgehead atoms. The maximum Gasteiger partial charge on any atom is 0.325 e. The number of amides is 1. The Morgan fingerprint density at radius 1 is 1.31 bits per heavy atom. The molecule has 0 spiro atoms. The van der Waals surface area contributed by atoms with Gasteiger partial charge in [0.1, 0.15) is 6.54 Å². The Morgan fingerprint density at radius 2 is 1.88 bits per heavy atom. The molecule has 0 fully saturated rings. The predicted octanol–water partition coefficient (Wildman–Crippen LogP) is 0.381. The molecule has 1 amide bonds. The average molecular weight is 230 g/mol. The second-order valence-electron chi connectivity index (χ2n) is 4.00. The highest BCUT2D eigenvalue weighted by Crippen LogP contribution is 2.06. The third kappa shape index (κ3) is 4.61. The van der Waals surface area contributed by atoms with Crippen molar-refractivity contribution in [1.82, 2.24) is 4.90 Å². The summed E-state index contributed by atoms with van der Waals surface area (Å²) in [5.41, 5.74) is 5.44. The lowest BCUT2D eigenvalue weighted by atomic mass is 10.1. The van der Waals surface area contributed by atoms with Crippen molar-refractivity contribution in [2.75, 3.05) is 19.7 Å². The highest BCUT2D eigenvalue weighted by atomic mass is 16.5. The first-order valence-electron chi connectivity index (χ1n) is 5.60. The van der Waals surface area contributed by atoms with E-state index in [0.717, 1.165) is 0 Å². The summed E-state index contributed by atoms with van der Waals surface area (Å²) in [7, 11) is 0. The van der Waals surface area contributed by atoms with Gasteiger partial charge >= 0.3 is 5.97 Å². The monoisotopic (exact) mass is 230 g/mol. The quantitative estimate of drug-likeness (QED) is 0.670. The minimum absolute atomic E-state index is 0.00528. The molecule has 94 valence electrons. The SMILES string of the molecule is CCOC(=O)CN(C(=O)C(C)CN)C(C)C. The highest BCUT2D eigenvalue weighted by molar-refractivity contribution is 5.83. The van der Waals surface area contributed by atoms with E-state index in [0.29, 0.717) is 6.61 Å². The first-order chi connectivity index (χ1) is 7.43. The van der Waals surface area contributed by atoms with E-state index < -0.39 is 0 Å². The van der Waals surface area contributed by atoms with Crippen molar-refractivity contribution in [2.45, 2.75) is 33.7 Å². The Bertz CT molecular complexity index is 241. The van der Waals surface area contributed by atoms with Gasteiger partial charge < -0.3 is 15.4 Å². The van der Waals surface area contributed by atoms with Crippen molar-refractivity contribution in [3.8, 4) is 0 Å². The molecule has 5 heteroatoms. The van der Waals surface area contributed by atoms with Crippen LogP contribution in [0.25, 0.3) is 0 Å². The molecule has 0 aromatic carbocycles. The number of carbonyl (C=O) groups is 2. The van der Waals surface area contributed by atoms with Crippen LogP contribution in [-0.2, 0) is 14.3 Å². The molecule has 0 aliphatic rings. The number of esters is 1. The number of nitrogens with two attached hydrogens (primary N) is 1. The van der Waals surface area contributed by atoms with E-state index in [4.69, 9.17) is 10.5 Å². The van der Waals surface area contributed by atoms with Crippen LogP contribution >= 0.6 is 0 Å². The smallest absolute Gasteiger partial charge is 0.325 e. The lowest BCUT2D eigenvalue weighted by molar-refractivity contribution is -0.151. The number of rotatable bonds is 6. The Balaban J connectivity index is 4.50. The summed E-state index contributed by atoms with van der Waals surface area (Å²) in [5.74, 6) is -0.754. The van der Waals surface area contributed by atoms with E-state index in [1.807, 2.05) is 13.8 Å². The summed E-state index contributed by atoms with van der Waals surface area (Å²) in [5, 5.41) is 0. The van der Waals surface area contributed by atoms with Gasteiger partial charge in [0.05, 0.1) is 6.61 Å². The maximum absolute atomic E-state index is 11.9. The standard InChI is InChI=1S/C11H22N2O3/c1-5-16-10(14)7-13(8(2)3)11(15)9(4)6-12/h8-9H,5-7,12H2,1-4H3. The fourth-order valence-corrected chi connectivity index (χ4v) is 1.24. The van der Waals surface area contributed by atoms with Crippen molar-refractivity contribution in [3.05, 3.63) is 0 Å². The summed E-state index contributed by atoms with van der Waals surface area (Å²) in [6.07, 6.45) is 0. The number of carbonyl (C=O) groups excluding carboxylic acids is 2. The van der Waals surface area contributed by atoms with E-state index >= 15 is 0 Å². The van der Waals surface area contributed by atoms with Crippen molar-refractivity contribution in [3.63, 3.8) is 0 Å². The van der Waals surface area contributed by atoms with Crippen molar-refractivity contribution in [1.29, 1.82) is 0 Å². The van der Waals surface area contributed by atoms with E-state index in [-0.39, 0.29) is 36.9 Å². The van der Waals surface area contributed by atoms with Gasteiger partial charge in [0.15, 0.2) is 0 Å². The van der Waals surface area contributed by atoms with E-state index in [1.54, 1.807) is 13.8 Å². The van der Waals surface area contributed by atoms with E-state index in [2.05, 4.69) is 0 Å². The van der Waals surface area contributed by atoms with Gasteiger partial charge in [-0.05, 0) is 20.8 Å². The summed E-state index contributed by atoms with van der Waals surface area (Å²) >= 11 is 0. The van der Waals surface area contributed by atoms with Crippen LogP contribution in [0.5, 0.6) is 0 Å². The first-order valence-corrected chi connectivity index (χ1v) is 5.60. The predicted molar refractivity (Wildman–Crippen MR) is 61.7 cm³/mol. The number of hydrogen-bond donors (Lipinski definition) is 1. The molecular formula is C11H22N2O3. The largest absolute Gasteiger partial charge is 0.465 e. The molecule has 1 unspecified atom stereocenters. The zero-order valence-corrected chi connectivity index (χ0v) is 10.5. The molecule has 5 nitrogen and oxygen atoms in total. The van der Waals surface area contributed by atoms with Gasteiger partial charge in [-0.25, -0.2) is 0 Å². The molecule has 2 N–H and O–H groups in total. The third-order valence-electron chi connectivity index (χ3n) is 2.29. The lowest BCUT2D eigenvalue weighted by Gasteiger charge is -2.28. The van der Waals surface area contributed by atoms with Crippen LogP contribution in [0.2, 0.25) is 0 Å². The Hall–Kier alpha value is -1.10.